The third kappa shape index (κ3) is 4.61. The summed E-state index contributed by atoms with van der Waals surface area (Å²) in [6.45, 7) is 1.43. The molecule has 0 saturated heterocycles. The summed E-state index contributed by atoms with van der Waals surface area (Å²) >= 11 is 1.32. The minimum atomic E-state index is -0.244. The molecule has 0 radical (unpaired) electrons. The first-order chi connectivity index (χ1) is 12.1. The van der Waals surface area contributed by atoms with Gasteiger partial charge < -0.3 is 16.0 Å². The van der Waals surface area contributed by atoms with E-state index in [1.165, 1.54) is 18.3 Å². The van der Waals surface area contributed by atoms with Gasteiger partial charge in [0.15, 0.2) is 5.13 Å². The molecule has 0 aliphatic heterocycles. The Morgan fingerprint density at radius 1 is 1.00 bits per heavy atom. The highest BCUT2D eigenvalue weighted by molar-refractivity contribution is 7.19. The molecule has 3 aromatic rings. The summed E-state index contributed by atoms with van der Waals surface area (Å²) in [7, 11) is 0. The molecule has 0 unspecified atom stereocenters. The Morgan fingerprint density at radius 3 is 2.48 bits per heavy atom. The Kier molecular flexibility index (Phi) is 5.00. The topological polar surface area (TPSA) is 96.0 Å². The van der Waals surface area contributed by atoms with Crippen molar-refractivity contribution in [2.45, 2.75) is 6.92 Å². The van der Waals surface area contributed by atoms with Crippen LogP contribution in [0, 0.1) is 0 Å². The van der Waals surface area contributed by atoms with E-state index in [1.54, 1.807) is 42.9 Å². The van der Waals surface area contributed by atoms with Gasteiger partial charge in [0.25, 0.3) is 5.91 Å². The van der Waals surface area contributed by atoms with Crippen LogP contribution in [0.15, 0.2) is 55.0 Å². The minimum absolute atomic E-state index is 0.157. The number of amides is 2. The Hall–Kier alpha value is -3.26. The van der Waals surface area contributed by atoms with Crippen LogP contribution >= 0.6 is 11.3 Å². The van der Waals surface area contributed by atoms with Crippen molar-refractivity contribution >= 4 is 44.7 Å². The maximum Gasteiger partial charge on any atom is 0.256 e. The molecule has 8 heteroatoms. The normalized spacial score (nSPS) is 10.1. The van der Waals surface area contributed by atoms with E-state index in [4.69, 9.17) is 0 Å². The molecule has 0 spiro atoms. The molecular formula is C17H15N5O2S. The molecule has 3 rings (SSSR count). The van der Waals surface area contributed by atoms with E-state index in [2.05, 4.69) is 25.9 Å². The van der Waals surface area contributed by atoms with Gasteiger partial charge in [-0.1, -0.05) is 11.3 Å². The van der Waals surface area contributed by atoms with Gasteiger partial charge in [0.1, 0.15) is 5.00 Å². The standard InChI is InChI=1S/C17H15N5O2S/c1-11(23)20-13-6-4-12(5-7-13)16(24)22-15-10-19-17(25-15)21-14-3-2-8-18-9-14/h2-10H,1H3,(H,19,21)(H,20,23)(H,22,24). The Morgan fingerprint density at radius 2 is 1.80 bits per heavy atom. The molecule has 0 bridgehead atoms. The number of hydrogen-bond donors (Lipinski definition) is 3. The first-order valence-corrected chi connectivity index (χ1v) is 8.24. The summed E-state index contributed by atoms with van der Waals surface area (Å²) in [4.78, 5) is 31.5. The maximum atomic E-state index is 12.3. The Bertz CT molecular complexity index is 878. The molecule has 1 aromatic carbocycles. The van der Waals surface area contributed by atoms with Crippen molar-refractivity contribution in [3.8, 4) is 0 Å². The number of anilines is 4. The largest absolute Gasteiger partial charge is 0.330 e. The second-order valence-corrected chi connectivity index (χ2v) is 6.14. The number of carbonyl (C=O) groups is 2. The van der Waals surface area contributed by atoms with Crippen LogP contribution in [0.2, 0.25) is 0 Å². The van der Waals surface area contributed by atoms with Crippen molar-refractivity contribution in [2.24, 2.45) is 0 Å². The van der Waals surface area contributed by atoms with Crippen LogP contribution in [0.3, 0.4) is 0 Å². The van der Waals surface area contributed by atoms with Crippen molar-refractivity contribution in [2.75, 3.05) is 16.0 Å². The first kappa shape index (κ1) is 16.6. The van der Waals surface area contributed by atoms with Gasteiger partial charge in [0, 0.05) is 24.4 Å². The number of nitrogens with one attached hydrogen (secondary N) is 3. The van der Waals surface area contributed by atoms with E-state index in [9.17, 15) is 9.59 Å². The van der Waals surface area contributed by atoms with Crippen molar-refractivity contribution in [3.05, 3.63) is 60.6 Å². The zero-order valence-corrected chi connectivity index (χ0v) is 14.1. The van der Waals surface area contributed by atoms with Crippen LogP contribution in [0.5, 0.6) is 0 Å². The average Bonchev–Trinajstić information content (AvgIpc) is 3.02. The number of pyridine rings is 1. The Labute approximate surface area is 148 Å². The maximum absolute atomic E-state index is 12.3. The second-order valence-electron chi connectivity index (χ2n) is 5.11. The van der Waals surface area contributed by atoms with Gasteiger partial charge in [0.2, 0.25) is 5.91 Å². The molecule has 2 aromatic heterocycles. The number of rotatable bonds is 5. The van der Waals surface area contributed by atoms with E-state index in [1.807, 2.05) is 12.1 Å². The molecule has 0 saturated carbocycles. The van der Waals surface area contributed by atoms with E-state index in [0.717, 1.165) is 5.69 Å². The monoisotopic (exact) mass is 353 g/mol. The molecule has 0 atom stereocenters. The van der Waals surface area contributed by atoms with Crippen molar-refractivity contribution in [3.63, 3.8) is 0 Å². The molecule has 0 aliphatic carbocycles. The van der Waals surface area contributed by atoms with Gasteiger partial charge in [-0.2, -0.15) is 0 Å². The molecular weight excluding hydrogens is 338 g/mol. The summed E-state index contributed by atoms with van der Waals surface area (Å²) in [6, 6.07) is 10.4. The molecule has 3 N–H and O–H groups in total. The third-order valence-corrected chi connectivity index (χ3v) is 3.95. The summed E-state index contributed by atoms with van der Waals surface area (Å²) in [5.41, 5.74) is 1.96. The average molecular weight is 353 g/mol. The number of aromatic nitrogens is 2. The van der Waals surface area contributed by atoms with Gasteiger partial charge in [-0.05, 0) is 36.4 Å². The predicted octanol–water partition coefficient (Wildman–Crippen LogP) is 3.49. The lowest BCUT2D eigenvalue weighted by Gasteiger charge is -2.05. The Balaban J connectivity index is 1.62. The van der Waals surface area contributed by atoms with Gasteiger partial charge in [-0.25, -0.2) is 4.98 Å². The number of thiazole rings is 1. The molecule has 2 amide bonds. The number of nitrogens with zero attached hydrogens (tertiary/aromatic N) is 2. The van der Waals surface area contributed by atoms with Crippen LogP contribution in [-0.4, -0.2) is 21.8 Å². The van der Waals surface area contributed by atoms with E-state index in [-0.39, 0.29) is 11.8 Å². The van der Waals surface area contributed by atoms with Crippen LogP contribution in [-0.2, 0) is 4.79 Å². The minimum Gasteiger partial charge on any atom is -0.330 e. The third-order valence-electron chi connectivity index (χ3n) is 3.12. The number of carbonyl (C=O) groups excluding carboxylic acids is 2. The van der Waals surface area contributed by atoms with Gasteiger partial charge in [-0.3, -0.25) is 14.6 Å². The molecule has 25 heavy (non-hydrogen) atoms. The second kappa shape index (κ2) is 7.54. The van der Waals surface area contributed by atoms with E-state index >= 15 is 0 Å². The van der Waals surface area contributed by atoms with Gasteiger partial charge >= 0.3 is 0 Å². The highest BCUT2D eigenvalue weighted by atomic mass is 32.1. The summed E-state index contributed by atoms with van der Waals surface area (Å²) in [5.74, 6) is -0.401. The lowest BCUT2D eigenvalue weighted by atomic mass is 10.2. The van der Waals surface area contributed by atoms with Gasteiger partial charge in [0.05, 0.1) is 18.1 Å². The van der Waals surface area contributed by atoms with Crippen LogP contribution in [0.25, 0.3) is 0 Å². The summed E-state index contributed by atoms with van der Waals surface area (Å²) in [6.07, 6.45) is 4.97. The van der Waals surface area contributed by atoms with Crippen LogP contribution in [0.4, 0.5) is 21.5 Å². The molecule has 0 fully saturated rings. The lowest BCUT2D eigenvalue weighted by molar-refractivity contribution is -0.114. The smallest absolute Gasteiger partial charge is 0.256 e. The van der Waals surface area contributed by atoms with Crippen LogP contribution < -0.4 is 16.0 Å². The van der Waals surface area contributed by atoms with E-state index < -0.39 is 0 Å². The van der Waals surface area contributed by atoms with E-state index in [0.29, 0.717) is 21.4 Å². The molecule has 126 valence electrons. The highest BCUT2D eigenvalue weighted by Gasteiger charge is 2.09. The first-order valence-electron chi connectivity index (χ1n) is 7.42. The molecule has 0 aliphatic rings. The van der Waals surface area contributed by atoms with Crippen molar-refractivity contribution < 1.29 is 9.59 Å². The number of benzene rings is 1. The fourth-order valence-electron chi connectivity index (χ4n) is 2.04. The van der Waals surface area contributed by atoms with Crippen molar-refractivity contribution in [1.82, 2.24) is 9.97 Å². The quantitative estimate of drug-likeness (QED) is 0.652. The van der Waals surface area contributed by atoms with Crippen molar-refractivity contribution in [1.29, 1.82) is 0 Å². The zero-order chi connectivity index (χ0) is 17.6. The predicted molar refractivity (Wildman–Crippen MR) is 98.3 cm³/mol. The summed E-state index contributed by atoms with van der Waals surface area (Å²) in [5, 5.41) is 9.85. The molecule has 7 nitrogen and oxygen atoms in total. The van der Waals surface area contributed by atoms with Gasteiger partial charge in [-0.15, -0.1) is 0 Å². The SMILES string of the molecule is CC(=O)Nc1ccc(C(=O)Nc2cnc(Nc3cccnc3)s2)cc1. The fourth-order valence-corrected chi connectivity index (χ4v) is 2.77. The zero-order valence-electron chi connectivity index (χ0n) is 13.3. The lowest BCUT2D eigenvalue weighted by Crippen LogP contribution is -2.11. The number of hydrogen-bond acceptors (Lipinski definition) is 6. The summed E-state index contributed by atoms with van der Waals surface area (Å²) < 4.78 is 0. The van der Waals surface area contributed by atoms with Crippen LogP contribution in [0.1, 0.15) is 17.3 Å². The molecule has 2 heterocycles. The highest BCUT2D eigenvalue weighted by Crippen LogP contribution is 2.26. The fraction of sp³-hybridized carbons (Fsp3) is 0.0588.